The number of carbonyl (C=O) groups is 2. The molecule has 2 aliphatic heterocycles. The highest BCUT2D eigenvalue weighted by atomic mass is 32.2. The molecule has 0 aliphatic carbocycles. The van der Waals surface area contributed by atoms with Crippen molar-refractivity contribution < 1.29 is 27.5 Å². The number of anilines is 2. The summed E-state index contributed by atoms with van der Waals surface area (Å²) in [6.45, 7) is 4.75. The molecule has 2 amide bonds. The highest BCUT2D eigenvalue weighted by molar-refractivity contribution is 7.89. The van der Waals surface area contributed by atoms with E-state index in [1.54, 1.807) is 36.1 Å². The second-order valence-corrected chi connectivity index (χ2v) is 10.6. The maximum Gasteiger partial charge on any atom is 0.242 e. The molecule has 2 aromatic carbocycles. The van der Waals surface area contributed by atoms with Crippen LogP contribution in [0, 0.1) is 19.8 Å². The van der Waals surface area contributed by atoms with Gasteiger partial charge in [-0.25, -0.2) is 12.7 Å². The zero-order valence-electron chi connectivity index (χ0n) is 19.0. The number of amides is 2. The van der Waals surface area contributed by atoms with Crippen LogP contribution in [0.3, 0.4) is 0 Å². The Labute approximate surface area is 193 Å². The highest BCUT2D eigenvalue weighted by Crippen LogP contribution is 2.36. The molecule has 2 heterocycles. The van der Waals surface area contributed by atoms with Gasteiger partial charge in [0.2, 0.25) is 21.8 Å². The first-order valence-electron chi connectivity index (χ1n) is 10.6. The largest absolute Gasteiger partial charge is 0.486 e. The van der Waals surface area contributed by atoms with Crippen molar-refractivity contribution in [2.45, 2.75) is 25.2 Å². The van der Waals surface area contributed by atoms with Gasteiger partial charge in [0.1, 0.15) is 13.2 Å². The fourth-order valence-corrected chi connectivity index (χ4v) is 4.90. The van der Waals surface area contributed by atoms with E-state index in [1.165, 1.54) is 20.2 Å². The third-order valence-corrected chi connectivity index (χ3v) is 7.80. The minimum atomic E-state index is -3.66. The maximum absolute atomic E-state index is 13.0. The van der Waals surface area contributed by atoms with E-state index in [1.807, 2.05) is 6.92 Å². The van der Waals surface area contributed by atoms with E-state index >= 15 is 0 Å². The summed E-state index contributed by atoms with van der Waals surface area (Å²) in [7, 11) is -0.742. The third kappa shape index (κ3) is 4.40. The van der Waals surface area contributed by atoms with Crippen molar-refractivity contribution in [3.63, 3.8) is 0 Å². The van der Waals surface area contributed by atoms with Gasteiger partial charge in [-0.2, -0.15) is 0 Å². The number of nitrogens with zero attached hydrogens (tertiary/aromatic N) is 2. The topological polar surface area (TPSA) is 105 Å². The van der Waals surface area contributed by atoms with Gasteiger partial charge < -0.3 is 19.7 Å². The summed E-state index contributed by atoms with van der Waals surface area (Å²) in [4.78, 5) is 27.4. The van der Waals surface area contributed by atoms with Crippen molar-refractivity contribution in [1.82, 2.24) is 4.31 Å². The molecule has 1 saturated heterocycles. The Morgan fingerprint density at radius 1 is 1.09 bits per heavy atom. The first kappa shape index (κ1) is 23.1. The van der Waals surface area contributed by atoms with Crippen LogP contribution in [0.5, 0.6) is 11.5 Å². The standard InChI is InChI=1S/C23H27N3O6S/c1-14-9-18(33(29,30)25(3)4)12-19(15(14)2)24-23(28)16-10-22(27)26(13-16)17-5-6-20-21(11-17)32-8-7-31-20/h5-6,9,11-12,16H,7-8,10,13H2,1-4H3,(H,24,28). The van der Waals surface area contributed by atoms with Crippen molar-refractivity contribution in [3.8, 4) is 11.5 Å². The van der Waals surface area contributed by atoms with E-state index < -0.39 is 15.9 Å². The Morgan fingerprint density at radius 3 is 2.48 bits per heavy atom. The highest BCUT2D eigenvalue weighted by Gasteiger charge is 2.36. The summed E-state index contributed by atoms with van der Waals surface area (Å²) < 4.78 is 37.4. The van der Waals surface area contributed by atoms with Gasteiger partial charge in [0.25, 0.3) is 0 Å². The molecule has 0 saturated carbocycles. The monoisotopic (exact) mass is 473 g/mol. The number of carbonyl (C=O) groups excluding carboxylic acids is 2. The van der Waals surface area contributed by atoms with Crippen molar-refractivity contribution in [2.24, 2.45) is 5.92 Å². The maximum atomic E-state index is 13.0. The molecule has 10 heteroatoms. The lowest BCUT2D eigenvalue weighted by molar-refractivity contribution is -0.122. The first-order valence-corrected chi connectivity index (χ1v) is 12.1. The molecule has 1 fully saturated rings. The predicted molar refractivity (Wildman–Crippen MR) is 123 cm³/mol. The van der Waals surface area contributed by atoms with Crippen LogP contribution in [0.1, 0.15) is 17.5 Å². The van der Waals surface area contributed by atoms with Crippen molar-refractivity contribution >= 4 is 33.2 Å². The number of nitrogens with one attached hydrogen (secondary N) is 1. The van der Waals surface area contributed by atoms with Gasteiger partial charge in [0.05, 0.1) is 10.8 Å². The van der Waals surface area contributed by atoms with E-state index in [2.05, 4.69) is 5.32 Å². The number of ether oxygens (including phenoxy) is 2. The van der Waals surface area contributed by atoms with Crippen molar-refractivity contribution in [1.29, 1.82) is 0 Å². The van der Waals surface area contributed by atoms with Crippen LogP contribution in [-0.2, 0) is 19.6 Å². The van der Waals surface area contributed by atoms with E-state index in [0.717, 1.165) is 15.4 Å². The van der Waals surface area contributed by atoms with Gasteiger partial charge in [-0.3, -0.25) is 9.59 Å². The van der Waals surface area contributed by atoms with Gasteiger partial charge >= 0.3 is 0 Å². The fourth-order valence-electron chi connectivity index (χ4n) is 3.88. The Hall–Kier alpha value is -3.11. The average Bonchev–Trinajstić information content (AvgIpc) is 3.18. The first-order chi connectivity index (χ1) is 15.6. The van der Waals surface area contributed by atoms with Gasteiger partial charge in [-0.15, -0.1) is 0 Å². The lowest BCUT2D eigenvalue weighted by Gasteiger charge is -2.22. The quantitative estimate of drug-likeness (QED) is 0.715. The zero-order valence-corrected chi connectivity index (χ0v) is 19.9. The summed E-state index contributed by atoms with van der Waals surface area (Å²) in [5.41, 5.74) is 2.58. The van der Waals surface area contributed by atoms with E-state index in [0.29, 0.717) is 36.1 Å². The van der Waals surface area contributed by atoms with Crippen LogP contribution < -0.4 is 19.7 Å². The Morgan fingerprint density at radius 2 is 1.79 bits per heavy atom. The van der Waals surface area contributed by atoms with E-state index in [4.69, 9.17) is 9.47 Å². The number of hydrogen-bond acceptors (Lipinski definition) is 6. The SMILES string of the molecule is Cc1cc(S(=O)(=O)N(C)C)cc(NC(=O)C2CC(=O)N(c3ccc4c(c3)OCCO4)C2)c1C. The molecule has 33 heavy (non-hydrogen) atoms. The molecule has 2 aliphatic rings. The second kappa shape index (κ2) is 8.68. The molecular formula is C23H27N3O6S. The minimum absolute atomic E-state index is 0.0635. The molecule has 176 valence electrons. The average molecular weight is 474 g/mol. The Bertz CT molecular complexity index is 1220. The van der Waals surface area contributed by atoms with Crippen LogP contribution in [-0.4, -0.2) is 58.4 Å². The number of sulfonamides is 1. The van der Waals surface area contributed by atoms with Gasteiger partial charge in [-0.1, -0.05) is 0 Å². The van der Waals surface area contributed by atoms with Crippen LogP contribution in [0.4, 0.5) is 11.4 Å². The number of aryl methyl sites for hydroxylation is 1. The molecule has 0 bridgehead atoms. The molecule has 4 rings (SSSR count). The summed E-state index contributed by atoms with van der Waals surface area (Å²) in [6.07, 6.45) is 0.0635. The number of benzene rings is 2. The van der Waals surface area contributed by atoms with Crippen LogP contribution >= 0.6 is 0 Å². The van der Waals surface area contributed by atoms with E-state index in [-0.39, 0.29) is 29.7 Å². The minimum Gasteiger partial charge on any atom is -0.486 e. The molecule has 2 aromatic rings. The van der Waals surface area contributed by atoms with Crippen molar-refractivity contribution in [3.05, 3.63) is 41.5 Å². The number of fused-ring (bicyclic) bond motifs is 1. The smallest absolute Gasteiger partial charge is 0.242 e. The summed E-state index contributed by atoms with van der Waals surface area (Å²) >= 11 is 0. The Kier molecular flexibility index (Phi) is 6.06. The van der Waals surface area contributed by atoms with Gasteiger partial charge in [0.15, 0.2) is 11.5 Å². The molecule has 1 atom stereocenters. The number of hydrogen-bond donors (Lipinski definition) is 1. The summed E-state index contributed by atoms with van der Waals surface area (Å²) in [5.74, 6) is 0.141. The summed E-state index contributed by atoms with van der Waals surface area (Å²) in [5, 5.41) is 2.84. The Balaban J connectivity index is 1.53. The number of rotatable bonds is 5. The van der Waals surface area contributed by atoms with Gasteiger partial charge in [-0.05, 0) is 49.2 Å². The molecule has 0 radical (unpaired) electrons. The molecule has 0 spiro atoms. The van der Waals surface area contributed by atoms with Crippen LogP contribution in [0.15, 0.2) is 35.2 Å². The molecule has 1 N–H and O–H groups in total. The lowest BCUT2D eigenvalue weighted by atomic mass is 10.1. The van der Waals surface area contributed by atoms with Crippen LogP contribution in [0.25, 0.3) is 0 Å². The summed E-state index contributed by atoms with van der Waals surface area (Å²) in [6, 6.07) is 8.33. The molecule has 0 aromatic heterocycles. The van der Waals surface area contributed by atoms with Crippen LogP contribution in [0.2, 0.25) is 0 Å². The third-order valence-electron chi connectivity index (χ3n) is 6.01. The van der Waals surface area contributed by atoms with E-state index in [9.17, 15) is 18.0 Å². The molecular weight excluding hydrogens is 446 g/mol. The fraction of sp³-hybridized carbons (Fsp3) is 0.391. The normalized spacial score (nSPS) is 18.0. The lowest BCUT2D eigenvalue weighted by Crippen LogP contribution is -2.28. The zero-order chi connectivity index (χ0) is 23.9. The molecule has 1 unspecified atom stereocenters. The van der Waals surface area contributed by atoms with Crippen molar-refractivity contribution in [2.75, 3.05) is 44.1 Å². The van der Waals surface area contributed by atoms with Gasteiger partial charge in [0, 0.05) is 44.5 Å². The predicted octanol–water partition coefficient (Wildman–Crippen LogP) is 2.32. The second-order valence-electron chi connectivity index (χ2n) is 8.42. The molecule has 9 nitrogen and oxygen atoms in total.